The molecule has 0 radical (unpaired) electrons. The summed E-state index contributed by atoms with van der Waals surface area (Å²) >= 11 is 2.75. The zero-order valence-electron chi connectivity index (χ0n) is 36.5. The Morgan fingerprint density at radius 1 is 0.721 bits per heavy atom. The van der Waals surface area contributed by atoms with E-state index in [1.54, 1.807) is 43.3 Å². The van der Waals surface area contributed by atoms with Gasteiger partial charge in [-0.05, 0) is 104 Å². The minimum Gasteiger partial charge on any atom is -0.482 e. The van der Waals surface area contributed by atoms with Crippen LogP contribution in [-0.2, 0) is 49.8 Å². The van der Waals surface area contributed by atoms with Gasteiger partial charge in [0.15, 0.2) is 13.2 Å². The van der Waals surface area contributed by atoms with E-state index in [1.165, 1.54) is 22.7 Å². The van der Waals surface area contributed by atoms with Gasteiger partial charge in [0.05, 0.1) is 41.6 Å². The van der Waals surface area contributed by atoms with Crippen LogP contribution in [0, 0.1) is 0 Å². The molecule has 2 aliphatic heterocycles. The Labute approximate surface area is 393 Å². The second-order valence-corrected chi connectivity index (χ2v) is 18.7. The number of ether oxygens (including phenoxy) is 3. The topological polar surface area (TPSA) is 290 Å². The number of nitrogens with one attached hydrogen (secondary N) is 6. The Morgan fingerprint density at radius 2 is 1.19 bits per heavy atom. The number of carboxylic acids is 1. The van der Waals surface area contributed by atoms with Crippen molar-refractivity contribution in [2.24, 2.45) is 0 Å². The number of thiophene rings is 2. The third-order valence-electron chi connectivity index (χ3n) is 11.9. The fourth-order valence-electron chi connectivity index (χ4n) is 8.96. The number of hydrogen-bond acceptors (Lipinski definition) is 15. The first-order chi connectivity index (χ1) is 32.8. The zero-order chi connectivity index (χ0) is 47.6. The van der Waals surface area contributed by atoms with Crippen LogP contribution in [0.25, 0.3) is 20.4 Å². The van der Waals surface area contributed by atoms with Crippen LogP contribution in [0.15, 0.2) is 46.0 Å². The van der Waals surface area contributed by atoms with Crippen LogP contribution in [0.4, 0.5) is 11.4 Å². The molecule has 22 heteroatoms. The molecule has 2 aromatic carbocycles. The minimum absolute atomic E-state index is 0.0275. The van der Waals surface area contributed by atoms with E-state index in [0.29, 0.717) is 56.3 Å². The number of carbonyl (C=O) groups excluding carboxylic acids is 5. The second-order valence-electron chi connectivity index (χ2n) is 16.6. The summed E-state index contributed by atoms with van der Waals surface area (Å²) in [5.74, 6) is -2.09. The first-order valence-corrected chi connectivity index (χ1v) is 23.6. The largest absolute Gasteiger partial charge is 0.482 e. The normalized spacial score (nSPS) is 16.8. The lowest BCUT2D eigenvalue weighted by molar-refractivity contribution is -0.143. The molecule has 4 amide bonds. The summed E-state index contributed by atoms with van der Waals surface area (Å²) in [6.45, 7) is 2.35. The van der Waals surface area contributed by atoms with Gasteiger partial charge in [0.1, 0.15) is 21.2 Å². The average Bonchev–Trinajstić information content (AvgIpc) is 3.90. The molecule has 4 aliphatic rings. The summed E-state index contributed by atoms with van der Waals surface area (Å²) in [6, 6.07) is 10.4. The summed E-state index contributed by atoms with van der Waals surface area (Å²) in [5, 5.41) is 21.0. The Bertz CT molecular complexity index is 3170. The van der Waals surface area contributed by atoms with E-state index < -0.39 is 23.3 Å². The van der Waals surface area contributed by atoms with Crippen molar-refractivity contribution in [2.45, 2.75) is 83.2 Å². The highest BCUT2D eigenvalue weighted by Crippen LogP contribution is 2.43. The van der Waals surface area contributed by atoms with Crippen LogP contribution in [0.2, 0.25) is 0 Å². The summed E-state index contributed by atoms with van der Waals surface area (Å²) in [4.78, 5) is 115. The summed E-state index contributed by atoms with van der Waals surface area (Å²) in [6.07, 6.45) is 5.05. The van der Waals surface area contributed by atoms with Crippen molar-refractivity contribution in [1.82, 2.24) is 30.6 Å². The van der Waals surface area contributed by atoms with E-state index in [-0.39, 0.29) is 86.0 Å². The molecule has 0 saturated carbocycles. The predicted octanol–water partition coefficient (Wildman–Crippen LogP) is 4.76. The van der Waals surface area contributed by atoms with Crippen LogP contribution >= 0.6 is 22.7 Å². The first kappa shape index (κ1) is 45.7. The van der Waals surface area contributed by atoms with E-state index >= 15 is 0 Å². The lowest BCUT2D eigenvalue weighted by Crippen LogP contribution is -2.28. The monoisotopic (exact) mass is 964 g/mol. The summed E-state index contributed by atoms with van der Waals surface area (Å²) < 4.78 is 15.8. The highest BCUT2D eigenvalue weighted by molar-refractivity contribution is 7.19. The second kappa shape index (κ2) is 19.4. The number of nitrogens with zero attached hydrogens (tertiary/aromatic N) is 2. The van der Waals surface area contributed by atoms with Crippen LogP contribution in [0.5, 0.6) is 11.5 Å². The van der Waals surface area contributed by atoms with E-state index in [1.807, 2.05) is 0 Å². The van der Waals surface area contributed by atoms with Gasteiger partial charge >= 0.3 is 11.9 Å². The lowest BCUT2D eigenvalue weighted by Gasteiger charge is -2.21. The van der Waals surface area contributed by atoms with Crippen molar-refractivity contribution in [3.05, 3.63) is 101 Å². The predicted molar refractivity (Wildman–Crippen MR) is 249 cm³/mol. The Hall–Kier alpha value is -7.46. The molecule has 20 nitrogen and oxygen atoms in total. The fourth-order valence-corrected chi connectivity index (χ4v) is 11.6. The molecule has 6 aromatic rings. The van der Waals surface area contributed by atoms with Gasteiger partial charge in [-0.25, -0.2) is 9.97 Å². The molecular formula is C46H44N8O12S2. The first-order valence-electron chi connectivity index (χ1n) is 22.0. The molecule has 2 aliphatic carbocycles. The standard InChI is InChI=1S/C24H24N4O6S.C22H20N4O6S/c1-2-33-18(30)9-13-4-3-5-16-19(13)20-22(31)27-21(28-24(20)35-16)23(32)25-10-12-6-7-15-14(8-12)26-17(29)11-34-15;27-15-9-32-13-5-4-10(6-12(13)24-15)8-23-21(31)19-25-20(30)18-17-11(7-16(28)29)2-1-3-14(17)33-22(18)26-19/h6-8,13H,2-5,9-11H2,1H3,(H,25,32)(H,26,29)(H,27,28,31);4-6,11H,1-3,7-9H2,(H,23,31)(H,24,27)(H,28,29)(H,25,26,30). The zero-order valence-corrected chi connectivity index (χ0v) is 38.1. The number of fused-ring (bicyclic) bond motifs is 8. The van der Waals surface area contributed by atoms with Crippen LogP contribution in [-0.4, -0.2) is 80.4 Å². The highest BCUT2D eigenvalue weighted by atomic mass is 32.1. The van der Waals surface area contributed by atoms with Gasteiger partial charge in [0, 0.05) is 22.8 Å². The number of carboxylic acid groups (broad SMARTS) is 1. The van der Waals surface area contributed by atoms with Crippen molar-refractivity contribution in [3.63, 3.8) is 0 Å². The van der Waals surface area contributed by atoms with Crippen molar-refractivity contribution < 1.29 is 48.1 Å². The number of anilines is 2. The smallest absolute Gasteiger partial charge is 0.306 e. The van der Waals surface area contributed by atoms with Crippen LogP contribution in [0.3, 0.4) is 0 Å². The Morgan fingerprint density at radius 3 is 1.65 bits per heavy atom. The maximum Gasteiger partial charge on any atom is 0.306 e. The average molecular weight is 965 g/mol. The fraction of sp³-hybridized carbons (Fsp3) is 0.348. The van der Waals surface area contributed by atoms with Crippen molar-refractivity contribution in [3.8, 4) is 11.5 Å². The number of rotatable bonds is 11. The molecule has 10 rings (SSSR count). The number of aromatic nitrogens is 4. The minimum atomic E-state index is -0.902. The van der Waals surface area contributed by atoms with Crippen molar-refractivity contribution in [1.29, 1.82) is 0 Å². The number of hydrogen-bond donors (Lipinski definition) is 7. The number of amides is 4. The molecule has 2 atom stereocenters. The van der Waals surface area contributed by atoms with E-state index in [0.717, 1.165) is 64.1 Å². The third kappa shape index (κ3) is 9.67. The van der Waals surface area contributed by atoms with Crippen LogP contribution < -0.4 is 41.9 Å². The van der Waals surface area contributed by atoms with Gasteiger partial charge in [-0.1, -0.05) is 12.1 Å². The van der Waals surface area contributed by atoms with Gasteiger partial charge in [0.2, 0.25) is 11.6 Å². The molecule has 68 heavy (non-hydrogen) atoms. The molecule has 0 bridgehead atoms. The molecule has 6 heterocycles. The molecule has 2 unspecified atom stereocenters. The van der Waals surface area contributed by atoms with Gasteiger partial charge in [-0.2, -0.15) is 0 Å². The van der Waals surface area contributed by atoms with E-state index in [9.17, 15) is 43.5 Å². The summed E-state index contributed by atoms with van der Waals surface area (Å²) in [7, 11) is 0. The molecular weight excluding hydrogens is 921 g/mol. The number of aliphatic carboxylic acids is 1. The third-order valence-corrected chi connectivity index (χ3v) is 14.2. The molecule has 0 saturated heterocycles. The highest BCUT2D eigenvalue weighted by Gasteiger charge is 2.32. The molecule has 0 fully saturated rings. The van der Waals surface area contributed by atoms with Crippen LogP contribution in [0.1, 0.15) is 111 Å². The van der Waals surface area contributed by atoms with Gasteiger partial charge in [0.25, 0.3) is 34.7 Å². The van der Waals surface area contributed by atoms with E-state index in [4.69, 9.17) is 14.2 Å². The maximum absolute atomic E-state index is 13.0. The maximum atomic E-state index is 13.0. The molecule has 4 aromatic heterocycles. The number of benzene rings is 2. The molecule has 0 spiro atoms. The van der Waals surface area contributed by atoms with Crippen molar-refractivity contribution >= 4 is 90.0 Å². The number of aromatic amines is 2. The Kier molecular flexibility index (Phi) is 13.0. The Balaban J connectivity index is 0.000000170. The lowest BCUT2D eigenvalue weighted by atomic mass is 9.84. The number of aryl methyl sites for hydroxylation is 2. The van der Waals surface area contributed by atoms with Gasteiger partial charge in [-0.3, -0.25) is 38.4 Å². The van der Waals surface area contributed by atoms with Gasteiger partial charge in [-0.15, -0.1) is 22.7 Å². The van der Waals surface area contributed by atoms with E-state index in [2.05, 4.69) is 41.2 Å². The summed E-state index contributed by atoms with van der Waals surface area (Å²) in [5.41, 5.74) is 3.37. The number of esters is 1. The van der Waals surface area contributed by atoms with Crippen molar-refractivity contribution in [2.75, 3.05) is 30.5 Å². The number of H-pyrrole nitrogens is 2. The number of carbonyl (C=O) groups is 6. The van der Waals surface area contributed by atoms with Gasteiger partial charge < -0.3 is 50.6 Å². The molecule has 7 N–H and O–H groups in total. The SMILES string of the molecule is CCOC(=O)CC1CCCc2sc3nc(C(=O)NCc4ccc5c(c4)NC(=O)CO5)[nH]c(=O)c3c21.O=C(O)CC1CCCc2sc3nc(C(=O)NCc4ccc5c(c4)NC(=O)CO5)[nH]c(=O)c3c21. The quantitative estimate of drug-likeness (QED) is 0.0863. The molecule has 352 valence electrons.